The number of aliphatic hydroxyl groups excluding tert-OH is 1. The van der Waals surface area contributed by atoms with Crippen LogP contribution in [0.15, 0.2) is 47.8 Å². The van der Waals surface area contributed by atoms with Crippen molar-refractivity contribution < 1.29 is 9.84 Å². The number of hydrogen-bond acceptors (Lipinski definition) is 5. The quantitative estimate of drug-likeness (QED) is 0.501. The molecule has 1 atom stereocenters. The summed E-state index contributed by atoms with van der Waals surface area (Å²) >= 11 is 0. The van der Waals surface area contributed by atoms with E-state index in [1.54, 1.807) is 28.1 Å². The molecule has 3 N–H and O–H groups in total. The number of imidazole rings is 1. The Morgan fingerprint density at radius 2 is 2.19 bits per heavy atom. The minimum absolute atomic E-state index is 0.129. The molecule has 1 aromatic carbocycles. The Kier molecular flexibility index (Phi) is 6.04. The summed E-state index contributed by atoms with van der Waals surface area (Å²) in [6, 6.07) is 7.68. The Morgan fingerprint density at radius 1 is 1.37 bits per heavy atom. The molecule has 0 amide bonds. The molecular formula is C20H22N4O3. The molecule has 2 aromatic heterocycles. The van der Waals surface area contributed by atoms with Gasteiger partial charge in [0.15, 0.2) is 0 Å². The van der Waals surface area contributed by atoms with Crippen molar-refractivity contribution in [1.29, 1.82) is 0 Å². The maximum absolute atomic E-state index is 13.3. The Hall–Kier alpha value is -2.92. The zero-order valence-corrected chi connectivity index (χ0v) is 15.1. The van der Waals surface area contributed by atoms with Gasteiger partial charge in [-0.15, -0.1) is 0 Å². The first kappa shape index (κ1) is 18.9. The van der Waals surface area contributed by atoms with Gasteiger partial charge in [-0.2, -0.15) is 0 Å². The van der Waals surface area contributed by atoms with Gasteiger partial charge < -0.3 is 15.6 Å². The van der Waals surface area contributed by atoms with Crippen LogP contribution in [0.3, 0.4) is 0 Å². The zero-order chi connectivity index (χ0) is 19.2. The summed E-state index contributed by atoms with van der Waals surface area (Å²) < 4.78 is 8.18. The van der Waals surface area contributed by atoms with Crippen LogP contribution in [-0.2, 0) is 11.2 Å². The molecule has 3 aromatic rings. The second kappa shape index (κ2) is 8.64. The molecule has 7 nitrogen and oxygen atoms in total. The molecule has 0 saturated heterocycles. The van der Waals surface area contributed by atoms with Gasteiger partial charge in [0.1, 0.15) is 13.1 Å². The van der Waals surface area contributed by atoms with Crippen molar-refractivity contribution in [3.05, 3.63) is 64.5 Å². The summed E-state index contributed by atoms with van der Waals surface area (Å²) in [5.74, 6) is 5.95. The first-order valence-corrected chi connectivity index (χ1v) is 8.72. The van der Waals surface area contributed by atoms with Gasteiger partial charge >= 0.3 is 0 Å². The van der Waals surface area contributed by atoms with Crippen LogP contribution < -0.4 is 11.3 Å². The number of fused-ring (bicyclic) bond motifs is 1. The van der Waals surface area contributed by atoms with Crippen molar-refractivity contribution in [2.24, 2.45) is 11.7 Å². The van der Waals surface area contributed by atoms with Crippen LogP contribution in [0.5, 0.6) is 0 Å². The lowest BCUT2D eigenvalue weighted by Crippen LogP contribution is -2.29. The van der Waals surface area contributed by atoms with Crippen LogP contribution in [0.4, 0.5) is 0 Å². The van der Waals surface area contributed by atoms with Crippen molar-refractivity contribution in [2.75, 3.05) is 19.9 Å². The van der Waals surface area contributed by atoms with E-state index in [0.717, 1.165) is 16.5 Å². The third kappa shape index (κ3) is 3.93. The van der Waals surface area contributed by atoms with Crippen molar-refractivity contribution in [2.45, 2.75) is 13.3 Å². The standard InChI is InChI=1S/C20H22N4O3/c1-15(12-27-14-25)6-7-18-16(8-9-21)17-4-2-3-5-19(17)24(20(18)26)23-11-10-22-13-23/h2-5,10-11,13,15,25H,8-9,12,14,21H2,1H3/t15-/m1/s1. The topological polar surface area (TPSA) is 95.3 Å². The molecule has 0 aliphatic carbocycles. The number of aromatic nitrogens is 3. The molecule has 0 aliphatic rings. The van der Waals surface area contributed by atoms with Crippen LogP contribution in [0.25, 0.3) is 10.9 Å². The summed E-state index contributed by atoms with van der Waals surface area (Å²) in [5, 5.41) is 9.70. The highest BCUT2D eigenvalue weighted by molar-refractivity contribution is 5.84. The first-order chi connectivity index (χ1) is 13.2. The molecule has 0 spiro atoms. The molecule has 140 valence electrons. The predicted octanol–water partition coefficient (Wildman–Crippen LogP) is 0.965. The molecule has 0 unspecified atom stereocenters. The fourth-order valence-corrected chi connectivity index (χ4v) is 2.99. The van der Waals surface area contributed by atoms with E-state index in [0.29, 0.717) is 25.1 Å². The van der Waals surface area contributed by atoms with Crippen LogP contribution in [-0.4, -0.2) is 39.4 Å². The van der Waals surface area contributed by atoms with Gasteiger partial charge in [0.05, 0.1) is 17.7 Å². The Bertz CT molecular complexity index is 1030. The summed E-state index contributed by atoms with van der Waals surface area (Å²) in [4.78, 5) is 17.4. The van der Waals surface area contributed by atoms with E-state index in [4.69, 9.17) is 15.6 Å². The highest BCUT2D eigenvalue weighted by Gasteiger charge is 2.16. The van der Waals surface area contributed by atoms with Gasteiger partial charge in [0.25, 0.3) is 5.56 Å². The Labute approximate surface area is 157 Å². The summed E-state index contributed by atoms with van der Waals surface area (Å²) in [5.41, 5.74) is 7.62. The minimum atomic E-state index is -0.353. The smallest absolute Gasteiger partial charge is 0.286 e. The first-order valence-electron chi connectivity index (χ1n) is 8.72. The van der Waals surface area contributed by atoms with Gasteiger partial charge in [-0.1, -0.05) is 30.0 Å². The fraction of sp³-hybridized carbons (Fsp3) is 0.300. The molecule has 0 fully saturated rings. The largest absolute Gasteiger partial charge is 0.371 e. The van der Waals surface area contributed by atoms with Crippen molar-refractivity contribution in [1.82, 2.24) is 14.3 Å². The summed E-state index contributed by atoms with van der Waals surface area (Å²) in [6.07, 6.45) is 5.46. The monoisotopic (exact) mass is 366 g/mol. The SMILES string of the molecule is C[C@H](C#Cc1c(CCN)c2ccccc2n(-n2ccnc2)c1=O)COCO. The number of para-hydroxylation sites is 1. The minimum Gasteiger partial charge on any atom is -0.371 e. The second-order valence-corrected chi connectivity index (χ2v) is 6.14. The van der Waals surface area contributed by atoms with E-state index in [1.165, 1.54) is 0 Å². The van der Waals surface area contributed by atoms with Gasteiger partial charge in [-0.05, 0) is 31.5 Å². The van der Waals surface area contributed by atoms with Gasteiger partial charge in [-0.25, -0.2) is 14.3 Å². The number of nitrogens with zero attached hydrogens (tertiary/aromatic N) is 3. The molecule has 0 aliphatic heterocycles. The average Bonchev–Trinajstić information content (AvgIpc) is 3.20. The van der Waals surface area contributed by atoms with E-state index in [1.807, 2.05) is 31.2 Å². The molecule has 3 rings (SSSR count). The van der Waals surface area contributed by atoms with Gasteiger partial charge in [-0.3, -0.25) is 4.79 Å². The number of hydrogen-bond donors (Lipinski definition) is 2. The third-order valence-corrected chi connectivity index (χ3v) is 4.18. The summed E-state index contributed by atoms with van der Waals surface area (Å²) in [7, 11) is 0. The number of benzene rings is 1. The number of aliphatic hydroxyl groups is 1. The van der Waals surface area contributed by atoms with Crippen molar-refractivity contribution >= 4 is 10.9 Å². The zero-order valence-electron chi connectivity index (χ0n) is 15.1. The fourth-order valence-electron chi connectivity index (χ4n) is 2.99. The third-order valence-electron chi connectivity index (χ3n) is 4.18. The molecule has 2 heterocycles. The second-order valence-electron chi connectivity index (χ2n) is 6.14. The van der Waals surface area contributed by atoms with Crippen LogP contribution in [0.1, 0.15) is 18.1 Å². The van der Waals surface area contributed by atoms with Crippen LogP contribution in [0.2, 0.25) is 0 Å². The van der Waals surface area contributed by atoms with Crippen molar-refractivity contribution in [3.8, 4) is 11.8 Å². The van der Waals surface area contributed by atoms with Crippen LogP contribution >= 0.6 is 0 Å². The maximum atomic E-state index is 13.3. The highest BCUT2D eigenvalue weighted by Crippen LogP contribution is 2.20. The van der Waals surface area contributed by atoms with E-state index < -0.39 is 0 Å². The van der Waals surface area contributed by atoms with E-state index >= 15 is 0 Å². The van der Waals surface area contributed by atoms with Crippen molar-refractivity contribution in [3.63, 3.8) is 0 Å². The number of pyridine rings is 1. The van der Waals surface area contributed by atoms with E-state index in [-0.39, 0.29) is 18.3 Å². The lowest BCUT2D eigenvalue weighted by atomic mass is 10.00. The van der Waals surface area contributed by atoms with Crippen LogP contribution in [0, 0.1) is 17.8 Å². The Morgan fingerprint density at radius 3 is 2.89 bits per heavy atom. The lowest BCUT2D eigenvalue weighted by molar-refractivity contribution is -0.00863. The number of ether oxygens (including phenoxy) is 1. The Balaban J connectivity index is 2.25. The van der Waals surface area contributed by atoms with Gasteiger partial charge in [0.2, 0.25) is 0 Å². The molecule has 0 bridgehead atoms. The molecule has 7 heteroatoms. The lowest BCUT2D eigenvalue weighted by Gasteiger charge is -2.16. The molecule has 27 heavy (non-hydrogen) atoms. The molecule has 0 saturated carbocycles. The van der Waals surface area contributed by atoms with E-state index in [9.17, 15) is 4.79 Å². The average molecular weight is 366 g/mol. The highest BCUT2D eigenvalue weighted by atomic mass is 16.6. The summed E-state index contributed by atoms with van der Waals surface area (Å²) in [6.45, 7) is 2.23. The molecule has 0 radical (unpaired) electrons. The normalized spacial score (nSPS) is 12.0. The predicted molar refractivity (Wildman–Crippen MR) is 103 cm³/mol. The number of rotatable bonds is 6. The van der Waals surface area contributed by atoms with Gasteiger partial charge in [0, 0.05) is 23.7 Å². The van der Waals surface area contributed by atoms with E-state index in [2.05, 4.69) is 16.8 Å². The molecular weight excluding hydrogens is 344 g/mol. The number of nitrogens with two attached hydrogens (primary N) is 1. The maximum Gasteiger partial charge on any atom is 0.286 e.